The lowest BCUT2D eigenvalue weighted by atomic mass is 10.1. The molecule has 1 atom stereocenters. The summed E-state index contributed by atoms with van der Waals surface area (Å²) in [6.45, 7) is 2.08. The Morgan fingerprint density at radius 3 is 2.65 bits per heavy atom. The summed E-state index contributed by atoms with van der Waals surface area (Å²) in [6.07, 6.45) is 0.708. The molecule has 0 aliphatic heterocycles. The van der Waals surface area contributed by atoms with Gasteiger partial charge in [-0.25, -0.2) is 0 Å². The van der Waals surface area contributed by atoms with Crippen LogP contribution in [0.25, 0.3) is 0 Å². The Bertz CT molecular complexity index is 522. The van der Waals surface area contributed by atoms with Gasteiger partial charge in [-0.1, -0.05) is 35.3 Å². The van der Waals surface area contributed by atoms with Gasteiger partial charge in [-0.15, -0.1) is 11.3 Å². The highest BCUT2D eigenvalue weighted by atomic mass is 35.5. The first-order valence-electron chi connectivity index (χ1n) is 5.32. The van der Waals surface area contributed by atoms with Gasteiger partial charge < -0.3 is 5.73 Å². The number of nitrogens with two attached hydrogens (primary N) is 1. The molecule has 0 aliphatic rings. The summed E-state index contributed by atoms with van der Waals surface area (Å²) in [5.74, 6) is 0. The van der Waals surface area contributed by atoms with Gasteiger partial charge in [0.25, 0.3) is 0 Å². The molecule has 2 N–H and O–H groups in total. The molecule has 2 rings (SSSR count). The van der Waals surface area contributed by atoms with Gasteiger partial charge in [0.1, 0.15) is 0 Å². The number of thiophene rings is 1. The summed E-state index contributed by atoms with van der Waals surface area (Å²) in [4.78, 5) is 2.45. The molecular weight excluding hydrogens is 273 g/mol. The van der Waals surface area contributed by atoms with Gasteiger partial charge in [0.2, 0.25) is 0 Å². The lowest BCUT2D eigenvalue weighted by molar-refractivity contribution is 0.737. The number of halogens is 2. The van der Waals surface area contributed by atoms with E-state index in [1.807, 2.05) is 12.1 Å². The van der Waals surface area contributed by atoms with E-state index in [1.54, 1.807) is 17.4 Å². The molecule has 2 aromatic rings. The van der Waals surface area contributed by atoms with Crippen molar-refractivity contribution in [2.24, 2.45) is 5.73 Å². The Labute approximate surface area is 115 Å². The first-order valence-corrected chi connectivity index (χ1v) is 6.90. The highest BCUT2D eigenvalue weighted by molar-refractivity contribution is 7.12. The zero-order chi connectivity index (χ0) is 12.4. The summed E-state index contributed by atoms with van der Waals surface area (Å²) in [5.41, 5.74) is 7.17. The van der Waals surface area contributed by atoms with Gasteiger partial charge in [0.15, 0.2) is 0 Å². The molecule has 17 heavy (non-hydrogen) atoms. The topological polar surface area (TPSA) is 26.0 Å². The Morgan fingerprint density at radius 2 is 2.00 bits per heavy atom. The van der Waals surface area contributed by atoms with Crippen molar-refractivity contribution in [3.63, 3.8) is 0 Å². The fraction of sp³-hybridized carbons (Fsp3) is 0.231. The minimum atomic E-state index is -0.0235. The monoisotopic (exact) mass is 285 g/mol. The number of hydrogen-bond donors (Lipinski definition) is 1. The maximum atomic E-state index is 6.17. The van der Waals surface area contributed by atoms with Gasteiger partial charge in [-0.3, -0.25) is 0 Å². The quantitative estimate of drug-likeness (QED) is 0.876. The van der Waals surface area contributed by atoms with Gasteiger partial charge in [0.05, 0.1) is 10.0 Å². The van der Waals surface area contributed by atoms with Gasteiger partial charge in [-0.2, -0.15) is 0 Å². The predicted octanol–water partition coefficient (Wildman–Crippen LogP) is 4.61. The summed E-state index contributed by atoms with van der Waals surface area (Å²) in [5, 5.41) is 1.19. The van der Waals surface area contributed by atoms with Crippen LogP contribution in [0.15, 0.2) is 30.3 Å². The molecule has 1 nitrogen and oxygen atoms in total. The van der Waals surface area contributed by atoms with E-state index >= 15 is 0 Å². The van der Waals surface area contributed by atoms with E-state index < -0.39 is 0 Å². The molecule has 0 amide bonds. The number of benzene rings is 1. The Morgan fingerprint density at radius 1 is 1.24 bits per heavy atom. The molecule has 0 bridgehead atoms. The SMILES string of the molecule is Cc1ccc(C(N)Cc2cccc(Cl)c2Cl)s1. The van der Waals surface area contributed by atoms with Crippen LogP contribution in [0.2, 0.25) is 10.0 Å². The largest absolute Gasteiger partial charge is 0.323 e. The summed E-state index contributed by atoms with van der Waals surface area (Å²) >= 11 is 13.8. The third-order valence-electron chi connectivity index (χ3n) is 2.60. The second kappa shape index (κ2) is 5.40. The van der Waals surface area contributed by atoms with Crippen LogP contribution in [-0.4, -0.2) is 0 Å². The fourth-order valence-electron chi connectivity index (χ4n) is 1.70. The van der Waals surface area contributed by atoms with Crippen LogP contribution in [0.4, 0.5) is 0 Å². The van der Waals surface area contributed by atoms with E-state index in [2.05, 4.69) is 19.1 Å². The molecule has 0 saturated heterocycles. The van der Waals surface area contributed by atoms with E-state index in [1.165, 1.54) is 9.75 Å². The first kappa shape index (κ1) is 12.9. The van der Waals surface area contributed by atoms with Crippen LogP contribution in [-0.2, 0) is 6.42 Å². The third-order valence-corrected chi connectivity index (χ3v) is 4.59. The van der Waals surface area contributed by atoms with E-state index in [0.29, 0.717) is 16.5 Å². The van der Waals surface area contributed by atoms with Crippen molar-refractivity contribution in [1.82, 2.24) is 0 Å². The smallest absolute Gasteiger partial charge is 0.0624 e. The summed E-state index contributed by atoms with van der Waals surface area (Å²) in [6, 6.07) is 9.78. The van der Waals surface area contributed by atoms with Crippen LogP contribution in [0, 0.1) is 6.92 Å². The summed E-state index contributed by atoms with van der Waals surface area (Å²) in [7, 11) is 0. The molecule has 0 fully saturated rings. The van der Waals surface area contributed by atoms with Crippen molar-refractivity contribution < 1.29 is 0 Å². The average Bonchev–Trinajstić information content (AvgIpc) is 2.72. The number of rotatable bonds is 3. The number of aryl methyl sites for hydroxylation is 1. The molecule has 0 radical (unpaired) electrons. The third kappa shape index (κ3) is 3.02. The van der Waals surface area contributed by atoms with Gasteiger partial charge in [-0.05, 0) is 37.1 Å². The standard InChI is InChI=1S/C13H13Cl2NS/c1-8-5-6-12(17-8)11(16)7-9-3-2-4-10(14)13(9)15/h2-6,11H,7,16H2,1H3. The molecule has 1 aromatic heterocycles. The number of hydrogen-bond acceptors (Lipinski definition) is 2. The van der Waals surface area contributed by atoms with Crippen molar-refractivity contribution in [1.29, 1.82) is 0 Å². The fourth-order valence-corrected chi connectivity index (χ4v) is 2.97. The zero-order valence-electron chi connectivity index (χ0n) is 9.41. The van der Waals surface area contributed by atoms with Gasteiger partial charge in [0, 0.05) is 15.8 Å². The highest BCUT2D eigenvalue weighted by Crippen LogP contribution is 2.30. The van der Waals surface area contributed by atoms with E-state index in [-0.39, 0.29) is 6.04 Å². The molecule has 0 aliphatic carbocycles. The van der Waals surface area contributed by atoms with Crippen molar-refractivity contribution in [3.05, 3.63) is 55.7 Å². The highest BCUT2D eigenvalue weighted by Gasteiger charge is 2.12. The molecule has 90 valence electrons. The second-order valence-corrected chi connectivity index (χ2v) is 6.08. The second-order valence-electron chi connectivity index (χ2n) is 3.97. The summed E-state index contributed by atoms with van der Waals surface area (Å²) < 4.78 is 0. The predicted molar refractivity (Wildman–Crippen MR) is 76.2 cm³/mol. The van der Waals surface area contributed by atoms with Gasteiger partial charge >= 0.3 is 0 Å². The molecule has 1 aromatic carbocycles. The molecule has 1 unspecified atom stereocenters. The normalized spacial score (nSPS) is 12.7. The zero-order valence-corrected chi connectivity index (χ0v) is 11.7. The van der Waals surface area contributed by atoms with Crippen molar-refractivity contribution in [3.8, 4) is 0 Å². The molecule has 4 heteroatoms. The lowest BCUT2D eigenvalue weighted by Crippen LogP contribution is -2.12. The van der Waals surface area contributed by atoms with E-state index in [9.17, 15) is 0 Å². The molecule has 0 spiro atoms. The van der Waals surface area contributed by atoms with Crippen LogP contribution in [0.5, 0.6) is 0 Å². The molecule has 0 saturated carbocycles. The van der Waals surface area contributed by atoms with Crippen LogP contribution in [0.3, 0.4) is 0 Å². The Kier molecular flexibility index (Phi) is 4.10. The van der Waals surface area contributed by atoms with E-state index in [4.69, 9.17) is 28.9 Å². The average molecular weight is 286 g/mol. The van der Waals surface area contributed by atoms with Crippen LogP contribution in [0.1, 0.15) is 21.4 Å². The van der Waals surface area contributed by atoms with Crippen LogP contribution >= 0.6 is 34.5 Å². The maximum Gasteiger partial charge on any atom is 0.0624 e. The minimum absolute atomic E-state index is 0.0235. The lowest BCUT2D eigenvalue weighted by Gasteiger charge is -2.11. The maximum absolute atomic E-state index is 6.17. The van der Waals surface area contributed by atoms with E-state index in [0.717, 1.165) is 5.56 Å². The molecule has 1 heterocycles. The van der Waals surface area contributed by atoms with Crippen molar-refractivity contribution in [2.45, 2.75) is 19.4 Å². The van der Waals surface area contributed by atoms with Crippen molar-refractivity contribution in [2.75, 3.05) is 0 Å². The minimum Gasteiger partial charge on any atom is -0.323 e. The molecular formula is C13H13Cl2NS. The first-order chi connectivity index (χ1) is 8.08. The Balaban J connectivity index is 2.18. The van der Waals surface area contributed by atoms with Crippen molar-refractivity contribution >= 4 is 34.5 Å². The Hall–Kier alpha value is -0.540. The van der Waals surface area contributed by atoms with Crippen LogP contribution < -0.4 is 5.73 Å².